The highest BCUT2D eigenvalue weighted by molar-refractivity contribution is 6.03. The van der Waals surface area contributed by atoms with Crippen LogP contribution in [0, 0.1) is 0 Å². The van der Waals surface area contributed by atoms with Crippen LogP contribution in [0.2, 0.25) is 0 Å². The lowest BCUT2D eigenvalue weighted by molar-refractivity contribution is 0.0994. The normalized spacial score (nSPS) is 13.2. The molecule has 3 aromatic carbocycles. The fourth-order valence-corrected chi connectivity index (χ4v) is 3.33. The Balaban J connectivity index is 1.94. The van der Waals surface area contributed by atoms with E-state index in [1.165, 1.54) is 27.8 Å². The molecule has 0 saturated heterocycles. The van der Waals surface area contributed by atoms with Crippen molar-refractivity contribution in [2.24, 2.45) is 0 Å². The van der Waals surface area contributed by atoms with Gasteiger partial charge in [-0.1, -0.05) is 72.8 Å². The molecule has 3 aromatic rings. The molecule has 0 N–H and O–H groups in total. The zero-order valence-electron chi connectivity index (χ0n) is 12.3. The average molecular weight is 284 g/mol. The quantitative estimate of drug-likeness (QED) is 0.636. The third kappa shape index (κ3) is 2.06. The fraction of sp³-hybridized carbons (Fsp3) is 0.0952. The SMILES string of the molecule is O=C1CCc2c1cccc2-c1ccccc1-c1ccccc1. The summed E-state index contributed by atoms with van der Waals surface area (Å²) in [4.78, 5) is 12.0. The second-order valence-electron chi connectivity index (χ2n) is 5.67. The van der Waals surface area contributed by atoms with Crippen molar-refractivity contribution >= 4 is 5.78 Å². The van der Waals surface area contributed by atoms with Crippen molar-refractivity contribution in [2.45, 2.75) is 12.8 Å². The minimum Gasteiger partial charge on any atom is -0.294 e. The molecule has 0 unspecified atom stereocenters. The van der Waals surface area contributed by atoms with Crippen molar-refractivity contribution in [3.05, 3.63) is 83.9 Å². The van der Waals surface area contributed by atoms with Gasteiger partial charge in [0.2, 0.25) is 0 Å². The zero-order valence-corrected chi connectivity index (χ0v) is 12.3. The maximum atomic E-state index is 12.0. The highest BCUT2D eigenvalue weighted by atomic mass is 16.1. The summed E-state index contributed by atoms with van der Waals surface area (Å²) in [5.41, 5.74) is 6.94. The number of benzene rings is 3. The highest BCUT2D eigenvalue weighted by Crippen LogP contribution is 2.37. The Kier molecular flexibility index (Phi) is 3.12. The fourth-order valence-electron chi connectivity index (χ4n) is 3.33. The molecule has 22 heavy (non-hydrogen) atoms. The van der Waals surface area contributed by atoms with Crippen molar-refractivity contribution in [3.8, 4) is 22.3 Å². The van der Waals surface area contributed by atoms with E-state index in [1.807, 2.05) is 18.2 Å². The molecule has 0 aromatic heterocycles. The molecule has 0 spiro atoms. The Morgan fingerprint density at radius 3 is 2.00 bits per heavy atom. The van der Waals surface area contributed by atoms with Gasteiger partial charge in [-0.2, -0.15) is 0 Å². The van der Waals surface area contributed by atoms with E-state index in [-0.39, 0.29) is 5.78 Å². The molecule has 1 aliphatic rings. The smallest absolute Gasteiger partial charge is 0.163 e. The number of carbonyl (C=O) groups is 1. The van der Waals surface area contributed by atoms with E-state index >= 15 is 0 Å². The van der Waals surface area contributed by atoms with Gasteiger partial charge in [0.1, 0.15) is 0 Å². The van der Waals surface area contributed by atoms with Gasteiger partial charge >= 0.3 is 0 Å². The third-order valence-corrected chi connectivity index (χ3v) is 4.38. The van der Waals surface area contributed by atoms with Gasteiger partial charge in [-0.3, -0.25) is 4.79 Å². The van der Waals surface area contributed by atoms with Crippen molar-refractivity contribution in [3.63, 3.8) is 0 Å². The molecule has 0 bridgehead atoms. The van der Waals surface area contributed by atoms with Gasteiger partial charge < -0.3 is 0 Å². The second-order valence-corrected chi connectivity index (χ2v) is 5.67. The van der Waals surface area contributed by atoms with Crippen LogP contribution in [0.1, 0.15) is 22.3 Å². The number of hydrogen-bond donors (Lipinski definition) is 0. The lowest BCUT2D eigenvalue weighted by Gasteiger charge is -2.13. The van der Waals surface area contributed by atoms with Crippen LogP contribution in [0.3, 0.4) is 0 Å². The van der Waals surface area contributed by atoms with Crippen molar-refractivity contribution < 1.29 is 4.79 Å². The van der Waals surface area contributed by atoms with Crippen LogP contribution in [0.4, 0.5) is 0 Å². The minimum atomic E-state index is 0.272. The lowest BCUT2D eigenvalue weighted by atomic mass is 9.90. The predicted octanol–water partition coefficient (Wildman–Crippen LogP) is 5.15. The standard InChI is InChI=1S/C21H16O/c22-21-14-13-19-18(11-6-12-20(19)21)17-10-5-4-9-16(17)15-7-2-1-3-8-15/h1-12H,13-14H2. The molecule has 0 amide bonds. The van der Waals surface area contributed by atoms with Crippen LogP contribution in [0.15, 0.2) is 72.8 Å². The van der Waals surface area contributed by atoms with Gasteiger partial charge in [-0.15, -0.1) is 0 Å². The molecule has 0 atom stereocenters. The molecule has 1 heteroatoms. The molecular weight excluding hydrogens is 268 g/mol. The minimum absolute atomic E-state index is 0.272. The second kappa shape index (κ2) is 5.27. The van der Waals surface area contributed by atoms with E-state index in [2.05, 4.69) is 54.6 Å². The maximum Gasteiger partial charge on any atom is 0.163 e. The lowest BCUT2D eigenvalue weighted by Crippen LogP contribution is -1.93. The summed E-state index contributed by atoms with van der Waals surface area (Å²) in [5, 5.41) is 0. The largest absolute Gasteiger partial charge is 0.294 e. The highest BCUT2D eigenvalue weighted by Gasteiger charge is 2.23. The summed E-state index contributed by atoms with van der Waals surface area (Å²) in [6, 6.07) is 25.0. The molecule has 0 aliphatic heterocycles. The van der Waals surface area contributed by atoms with Crippen LogP contribution >= 0.6 is 0 Å². The number of carbonyl (C=O) groups excluding carboxylic acids is 1. The van der Waals surface area contributed by atoms with E-state index in [4.69, 9.17) is 0 Å². The van der Waals surface area contributed by atoms with Crippen molar-refractivity contribution in [2.75, 3.05) is 0 Å². The van der Waals surface area contributed by atoms with E-state index in [0.717, 1.165) is 12.0 Å². The van der Waals surface area contributed by atoms with Crippen LogP contribution in [-0.2, 0) is 6.42 Å². The van der Waals surface area contributed by atoms with E-state index in [9.17, 15) is 4.79 Å². The molecule has 0 heterocycles. The summed E-state index contributed by atoms with van der Waals surface area (Å²) in [7, 11) is 0. The average Bonchev–Trinajstić information content (AvgIpc) is 2.97. The van der Waals surface area contributed by atoms with Gasteiger partial charge in [-0.25, -0.2) is 0 Å². The predicted molar refractivity (Wildman–Crippen MR) is 90.0 cm³/mol. The first kappa shape index (κ1) is 13.0. The van der Waals surface area contributed by atoms with E-state index < -0.39 is 0 Å². The van der Waals surface area contributed by atoms with Crippen LogP contribution in [0.5, 0.6) is 0 Å². The molecule has 0 fully saturated rings. The van der Waals surface area contributed by atoms with Crippen LogP contribution < -0.4 is 0 Å². The summed E-state index contributed by atoms with van der Waals surface area (Å²) in [5.74, 6) is 0.272. The summed E-state index contributed by atoms with van der Waals surface area (Å²) in [6.07, 6.45) is 1.49. The van der Waals surface area contributed by atoms with Gasteiger partial charge in [0.25, 0.3) is 0 Å². The number of hydrogen-bond acceptors (Lipinski definition) is 1. The third-order valence-electron chi connectivity index (χ3n) is 4.38. The molecule has 4 rings (SSSR count). The first-order chi connectivity index (χ1) is 10.8. The Morgan fingerprint density at radius 1 is 0.545 bits per heavy atom. The summed E-state index contributed by atoms with van der Waals surface area (Å²) in [6.45, 7) is 0. The van der Waals surface area contributed by atoms with Crippen molar-refractivity contribution in [1.82, 2.24) is 0 Å². The Hall–Kier alpha value is -2.67. The van der Waals surface area contributed by atoms with Gasteiger partial charge in [0.15, 0.2) is 5.78 Å². The summed E-state index contributed by atoms with van der Waals surface area (Å²) < 4.78 is 0. The van der Waals surface area contributed by atoms with Gasteiger partial charge in [0.05, 0.1) is 0 Å². The van der Waals surface area contributed by atoms with Crippen LogP contribution in [0.25, 0.3) is 22.3 Å². The van der Waals surface area contributed by atoms with Crippen molar-refractivity contribution in [1.29, 1.82) is 0 Å². The first-order valence-electron chi connectivity index (χ1n) is 7.64. The molecular formula is C21H16O. The molecule has 1 aliphatic carbocycles. The Morgan fingerprint density at radius 2 is 1.18 bits per heavy atom. The molecule has 0 radical (unpaired) electrons. The number of rotatable bonds is 2. The first-order valence-corrected chi connectivity index (χ1v) is 7.64. The summed E-state index contributed by atoms with van der Waals surface area (Å²) >= 11 is 0. The molecule has 1 nitrogen and oxygen atoms in total. The molecule has 0 saturated carbocycles. The Labute approximate surface area is 130 Å². The van der Waals surface area contributed by atoms with E-state index in [1.54, 1.807) is 0 Å². The Bertz CT molecular complexity index is 847. The van der Waals surface area contributed by atoms with Gasteiger partial charge in [-0.05, 0) is 34.2 Å². The monoisotopic (exact) mass is 284 g/mol. The molecule has 106 valence electrons. The number of ketones is 1. The zero-order chi connectivity index (χ0) is 14.9. The topological polar surface area (TPSA) is 17.1 Å². The number of Topliss-reactive ketones (excluding diaryl/α,β-unsaturated/α-hetero) is 1. The van der Waals surface area contributed by atoms with Gasteiger partial charge in [0, 0.05) is 12.0 Å². The van der Waals surface area contributed by atoms with E-state index in [0.29, 0.717) is 6.42 Å². The van der Waals surface area contributed by atoms with Crippen LogP contribution in [-0.4, -0.2) is 5.78 Å². The maximum absolute atomic E-state index is 12.0. The number of fused-ring (bicyclic) bond motifs is 1.